The molecule has 0 unspecified atom stereocenters. The SMILES string of the molecule is O=C(N[C@@H](Cc1ccccc1)[C@@H](O)C(F)(F)[C@H](Cc1ccccc1)NC(=O)OCc1ccccc1)OCc1ccccc1. The molecule has 0 spiro atoms. The minimum absolute atomic E-state index is 0.0807. The van der Waals surface area contributed by atoms with E-state index in [1.54, 1.807) is 115 Å². The average Bonchev–Trinajstić information content (AvgIpc) is 3.04. The number of benzene rings is 4. The van der Waals surface area contributed by atoms with Crippen LogP contribution in [0.25, 0.3) is 0 Å². The maximum atomic E-state index is 16.2. The zero-order chi connectivity index (χ0) is 30.5. The van der Waals surface area contributed by atoms with Gasteiger partial charge in [-0.25, -0.2) is 18.4 Å². The quantitative estimate of drug-likeness (QED) is 0.177. The average molecular weight is 589 g/mol. The van der Waals surface area contributed by atoms with Crippen LogP contribution in [-0.4, -0.2) is 41.4 Å². The first-order valence-electron chi connectivity index (χ1n) is 13.9. The molecule has 0 bridgehead atoms. The minimum Gasteiger partial charge on any atom is -0.445 e. The zero-order valence-electron chi connectivity index (χ0n) is 23.4. The molecule has 3 atom stereocenters. The van der Waals surface area contributed by atoms with E-state index >= 15 is 8.78 Å². The van der Waals surface area contributed by atoms with E-state index in [-0.39, 0.29) is 26.1 Å². The number of carbonyl (C=O) groups excluding carboxylic acids is 2. The molecule has 224 valence electrons. The van der Waals surface area contributed by atoms with Crippen molar-refractivity contribution in [2.24, 2.45) is 0 Å². The lowest BCUT2D eigenvalue weighted by Gasteiger charge is -2.35. The molecular weight excluding hydrogens is 554 g/mol. The van der Waals surface area contributed by atoms with Crippen LogP contribution in [0.2, 0.25) is 0 Å². The molecule has 0 saturated heterocycles. The summed E-state index contributed by atoms with van der Waals surface area (Å²) in [7, 11) is 0. The van der Waals surface area contributed by atoms with Gasteiger partial charge in [0, 0.05) is 0 Å². The summed E-state index contributed by atoms with van der Waals surface area (Å²) in [6.07, 6.45) is -4.85. The van der Waals surface area contributed by atoms with Crippen molar-refractivity contribution in [3.05, 3.63) is 144 Å². The number of nitrogens with one attached hydrogen (secondary N) is 2. The summed E-state index contributed by atoms with van der Waals surface area (Å²) in [6.45, 7) is -0.201. The molecule has 4 rings (SSSR count). The predicted octanol–water partition coefficient (Wildman–Crippen LogP) is 6.06. The Balaban J connectivity index is 1.52. The summed E-state index contributed by atoms with van der Waals surface area (Å²) in [5, 5.41) is 15.9. The first-order valence-corrected chi connectivity index (χ1v) is 13.9. The lowest BCUT2D eigenvalue weighted by Crippen LogP contribution is -2.61. The van der Waals surface area contributed by atoms with Gasteiger partial charge in [0.25, 0.3) is 5.92 Å². The Morgan fingerprint density at radius 1 is 0.605 bits per heavy atom. The van der Waals surface area contributed by atoms with Crippen LogP contribution in [0.15, 0.2) is 121 Å². The van der Waals surface area contributed by atoms with Crippen LogP contribution in [-0.2, 0) is 35.5 Å². The van der Waals surface area contributed by atoms with Crippen molar-refractivity contribution in [3.63, 3.8) is 0 Å². The van der Waals surface area contributed by atoms with Crippen LogP contribution >= 0.6 is 0 Å². The molecule has 4 aromatic carbocycles. The van der Waals surface area contributed by atoms with E-state index in [9.17, 15) is 14.7 Å². The van der Waals surface area contributed by atoms with Crippen LogP contribution < -0.4 is 10.6 Å². The molecular formula is C34H34F2N2O5. The minimum atomic E-state index is -3.91. The smallest absolute Gasteiger partial charge is 0.407 e. The van der Waals surface area contributed by atoms with E-state index in [2.05, 4.69) is 10.6 Å². The number of aliphatic hydroxyl groups excluding tert-OH is 1. The molecule has 0 fully saturated rings. The zero-order valence-corrected chi connectivity index (χ0v) is 23.4. The molecule has 0 heterocycles. The highest BCUT2D eigenvalue weighted by molar-refractivity contribution is 5.68. The van der Waals surface area contributed by atoms with Crippen LogP contribution in [0.3, 0.4) is 0 Å². The van der Waals surface area contributed by atoms with Crippen LogP contribution in [0, 0.1) is 0 Å². The topological polar surface area (TPSA) is 96.9 Å². The van der Waals surface area contributed by atoms with Crippen molar-refractivity contribution in [1.29, 1.82) is 0 Å². The summed E-state index contributed by atoms with van der Waals surface area (Å²) >= 11 is 0. The van der Waals surface area contributed by atoms with Gasteiger partial charge in [0.15, 0.2) is 0 Å². The predicted molar refractivity (Wildman–Crippen MR) is 158 cm³/mol. The van der Waals surface area contributed by atoms with Crippen molar-refractivity contribution < 1.29 is 33.0 Å². The molecule has 7 nitrogen and oxygen atoms in total. The van der Waals surface area contributed by atoms with Crippen molar-refractivity contribution in [2.45, 2.75) is 50.2 Å². The molecule has 0 aliphatic heterocycles. The van der Waals surface area contributed by atoms with Crippen LogP contribution in [0.1, 0.15) is 22.3 Å². The van der Waals surface area contributed by atoms with E-state index in [1.165, 1.54) is 0 Å². The largest absolute Gasteiger partial charge is 0.445 e. The van der Waals surface area contributed by atoms with E-state index in [0.717, 1.165) is 0 Å². The van der Waals surface area contributed by atoms with Gasteiger partial charge in [-0.1, -0.05) is 121 Å². The van der Waals surface area contributed by atoms with Gasteiger partial charge < -0.3 is 25.2 Å². The molecule has 0 aliphatic rings. The summed E-state index contributed by atoms with van der Waals surface area (Å²) in [5.74, 6) is -3.91. The number of rotatable bonds is 13. The Morgan fingerprint density at radius 2 is 0.977 bits per heavy atom. The Labute approximate surface area is 249 Å². The number of hydrogen-bond acceptors (Lipinski definition) is 5. The Hall–Kier alpha value is -4.76. The summed E-state index contributed by atoms with van der Waals surface area (Å²) in [4.78, 5) is 25.4. The lowest BCUT2D eigenvalue weighted by atomic mass is 9.90. The summed E-state index contributed by atoms with van der Waals surface area (Å²) < 4.78 is 42.9. The van der Waals surface area contributed by atoms with E-state index in [0.29, 0.717) is 22.3 Å². The van der Waals surface area contributed by atoms with Gasteiger partial charge in [0.2, 0.25) is 0 Å². The Morgan fingerprint density at radius 3 is 1.42 bits per heavy atom. The van der Waals surface area contributed by atoms with Crippen molar-refractivity contribution in [2.75, 3.05) is 0 Å². The highest BCUT2D eigenvalue weighted by Crippen LogP contribution is 2.29. The molecule has 0 radical (unpaired) electrons. The summed E-state index contributed by atoms with van der Waals surface area (Å²) in [5.41, 5.74) is 2.52. The second-order valence-corrected chi connectivity index (χ2v) is 10.1. The number of alkyl carbamates (subject to hydrolysis) is 2. The van der Waals surface area contributed by atoms with Crippen molar-refractivity contribution >= 4 is 12.2 Å². The number of halogens is 2. The highest BCUT2D eigenvalue weighted by Gasteiger charge is 2.51. The second kappa shape index (κ2) is 15.5. The molecule has 0 aromatic heterocycles. The monoisotopic (exact) mass is 588 g/mol. The van der Waals surface area contributed by atoms with Gasteiger partial charge in [0.05, 0.1) is 6.04 Å². The fourth-order valence-electron chi connectivity index (χ4n) is 4.54. The Kier molecular flexibility index (Phi) is 11.2. The van der Waals surface area contributed by atoms with Gasteiger partial charge in [-0.15, -0.1) is 0 Å². The van der Waals surface area contributed by atoms with Gasteiger partial charge >= 0.3 is 12.2 Å². The van der Waals surface area contributed by atoms with Gasteiger partial charge in [-0.3, -0.25) is 0 Å². The molecule has 9 heteroatoms. The van der Waals surface area contributed by atoms with Crippen molar-refractivity contribution in [1.82, 2.24) is 10.6 Å². The third-order valence-electron chi connectivity index (χ3n) is 6.84. The maximum absolute atomic E-state index is 16.2. The maximum Gasteiger partial charge on any atom is 0.407 e. The fraction of sp³-hybridized carbons (Fsp3) is 0.235. The highest BCUT2D eigenvalue weighted by atomic mass is 19.3. The number of amides is 2. The van der Waals surface area contributed by atoms with Gasteiger partial charge in [-0.2, -0.15) is 0 Å². The Bertz CT molecular complexity index is 1410. The van der Waals surface area contributed by atoms with Crippen molar-refractivity contribution in [3.8, 4) is 0 Å². The molecule has 0 saturated carbocycles. The molecule has 3 N–H and O–H groups in total. The lowest BCUT2D eigenvalue weighted by molar-refractivity contribution is -0.141. The first-order chi connectivity index (χ1) is 20.8. The first kappa shape index (κ1) is 31.2. The third-order valence-corrected chi connectivity index (χ3v) is 6.84. The van der Waals surface area contributed by atoms with E-state index < -0.39 is 36.3 Å². The van der Waals surface area contributed by atoms with Gasteiger partial charge in [-0.05, 0) is 35.1 Å². The molecule has 2 amide bonds. The standard InChI is InChI=1S/C34H34F2N2O5/c35-34(36,30(22-26-15-7-2-8-16-26)38-33(41)43-24-28-19-11-4-12-20-28)31(39)29(21-25-13-5-1-6-14-25)37-32(40)42-23-27-17-9-3-10-18-27/h1-20,29-31,39H,21-24H2,(H,37,40)(H,38,41)/t29-,30-,31+/m0/s1. The number of ether oxygens (including phenoxy) is 2. The van der Waals surface area contributed by atoms with E-state index in [4.69, 9.17) is 9.47 Å². The summed E-state index contributed by atoms with van der Waals surface area (Å²) in [6, 6.07) is 31.4. The molecule has 4 aromatic rings. The van der Waals surface area contributed by atoms with Crippen LogP contribution in [0.4, 0.5) is 18.4 Å². The molecule has 0 aliphatic carbocycles. The molecule has 43 heavy (non-hydrogen) atoms. The fourth-order valence-corrected chi connectivity index (χ4v) is 4.54. The third kappa shape index (κ3) is 9.65. The normalized spacial score (nSPS) is 13.3. The van der Waals surface area contributed by atoms with Crippen LogP contribution in [0.5, 0.6) is 0 Å². The number of hydrogen-bond donors (Lipinski definition) is 3. The second-order valence-electron chi connectivity index (χ2n) is 10.1. The van der Waals surface area contributed by atoms with Gasteiger partial charge in [0.1, 0.15) is 25.4 Å². The van der Waals surface area contributed by atoms with E-state index in [1.807, 2.05) is 6.07 Å². The number of alkyl halides is 2. The number of carbonyl (C=O) groups is 2. The number of aliphatic hydroxyl groups is 1.